The van der Waals surface area contributed by atoms with E-state index in [-0.39, 0.29) is 5.83 Å². The number of rotatable bonds is 2. The molecule has 1 aromatic rings. The van der Waals surface area contributed by atoms with Gasteiger partial charge in [0, 0.05) is 42.8 Å². The average Bonchev–Trinajstić information content (AvgIpc) is 2.81. The topological polar surface area (TPSA) is 29.3 Å². The van der Waals surface area contributed by atoms with Crippen molar-refractivity contribution in [2.24, 2.45) is 0 Å². The molecule has 0 aromatic carbocycles. The van der Waals surface area contributed by atoms with E-state index in [4.69, 9.17) is 4.52 Å². The highest BCUT2D eigenvalue weighted by atomic mass is 19.1. The van der Waals surface area contributed by atoms with Crippen LogP contribution in [0.2, 0.25) is 0 Å². The maximum atomic E-state index is 13.2. The summed E-state index contributed by atoms with van der Waals surface area (Å²) in [5, 5.41) is 4.20. The maximum Gasteiger partial charge on any atom is 0.165 e. The number of allylic oxidation sites excluding steroid dienone is 2. The summed E-state index contributed by atoms with van der Waals surface area (Å²) in [5.74, 6) is 0.964. The van der Waals surface area contributed by atoms with Crippen molar-refractivity contribution in [3.63, 3.8) is 0 Å². The molecule has 0 saturated carbocycles. The van der Waals surface area contributed by atoms with Crippen molar-refractivity contribution in [2.75, 3.05) is 13.1 Å². The number of hydrogen-bond acceptors (Lipinski definition) is 3. The van der Waals surface area contributed by atoms with Gasteiger partial charge in [0.1, 0.15) is 5.83 Å². The Morgan fingerprint density at radius 2 is 2.16 bits per heavy atom. The minimum absolute atomic E-state index is 0.104. The first-order valence-corrected chi connectivity index (χ1v) is 6.90. The Labute approximate surface area is 112 Å². The van der Waals surface area contributed by atoms with Crippen molar-refractivity contribution < 1.29 is 8.91 Å². The van der Waals surface area contributed by atoms with Crippen LogP contribution in [0.25, 0.3) is 6.08 Å². The van der Waals surface area contributed by atoms with E-state index in [1.807, 2.05) is 6.92 Å². The summed E-state index contributed by atoms with van der Waals surface area (Å²) >= 11 is 0. The molecule has 0 N–H and O–H groups in total. The number of hydrogen-bond donors (Lipinski definition) is 0. The molecule has 4 heteroatoms. The lowest BCUT2D eigenvalue weighted by Crippen LogP contribution is -2.31. The van der Waals surface area contributed by atoms with E-state index in [0.717, 1.165) is 49.3 Å². The highest BCUT2D eigenvalue weighted by Gasteiger charge is 2.28. The highest BCUT2D eigenvalue weighted by Crippen LogP contribution is 2.35. The summed E-state index contributed by atoms with van der Waals surface area (Å²) in [5.41, 5.74) is 3.31. The molecule has 1 aromatic heterocycles. The van der Waals surface area contributed by atoms with E-state index in [1.54, 1.807) is 0 Å². The zero-order valence-electron chi connectivity index (χ0n) is 11.3. The SMILES string of the molecule is C=C(C)N1CCC(c2noc3c2CCC(F)=C3)CC1. The van der Waals surface area contributed by atoms with E-state index in [1.165, 1.54) is 6.08 Å². The van der Waals surface area contributed by atoms with Crippen LogP contribution in [0, 0.1) is 0 Å². The standard InChI is InChI=1S/C15H19FN2O/c1-10(2)18-7-5-11(6-8-18)15-13-4-3-12(16)9-14(13)19-17-15/h9,11H,1,3-8H2,2H3. The van der Waals surface area contributed by atoms with E-state index in [9.17, 15) is 4.39 Å². The van der Waals surface area contributed by atoms with Gasteiger partial charge in [-0.05, 0) is 26.2 Å². The Hall–Kier alpha value is -1.58. The predicted molar refractivity (Wildman–Crippen MR) is 72.3 cm³/mol. The number of fused-ring (bicyclic) bond motifs is 1. The van der Waals surface area contributed by atoms with Crippen molar-refractivity contribution in [3.05, 3.63) is 35.1 Å². The molecule has 3 rings (SSSR count). The van der Waals surface area contributed by atoms with Crippen LogP contribution in [0.1, 0.15) is 49.1 Å². The zero-order valence-corrected chi connectivity index (χ0v) is 11.3. The number of aromatic nitrogens is 1. The summed E-state index contributed by atoms with van der Waals surface area (Å²) in [7, 11) is 0. The Morgan fingerprint density at radius 1 is 1.42 bits per heavy atom. The van der Waals surface area contributed by atoms with Crippen LogP contribution < -0.4 is 0 Å². The third kappa shape index (κ3) is 2.31. The van der Waals surface area contributed by atoms with Gasteiger partial charge in [-0.15, -0.1) is 0 Å². The Kier molecular flexibility index (Phi) is 3.17. The molecule has 0 radical (unpaired) electrons. The van der Waals surface area contributed by atoms with Crippen molar-refractivity contribution in [1.82, 2.24) is 10.1 Å². The number of likely N-dealkylation sites (tertiary alicyclic amines) is 1. The van der Waals surface area contributed by atoms with Gasteiger partial charge in [-0.25, -0.2) is 4.39 Å². The molecular weight excluding hydrogens is 243 g/mol. The Morgan fingerprint density at radius 3 is 2.84 bits per heavy atom. The van der Waals surface area contributed by atoms with Crippen molar-refractivity contribution >= 4 is 6.08 Å². The molecule has 0 unspecified atom stereocenters. The summed E-state index contributed by atoms with van der Waals surface area (Å²) in [6.07, 6.45) is 4.82. The molecule has 19 heavy (non-hydrogen) atoms. The van der Waals surface area contributed by atoms with Gasteiger partial charge in [0.15, 0.2) is 5.76 Å². The monoisotopic (exact) mass is 262 g/mol. The Bertz CT molecular complexity index is 524. The fourth-order valence-electron chi connectivity index (χ4n) is 3.01. The molecule has 2 aliphatic rings. The van der Waals surface area contributed by atoms with Crippen LogP contribution in [0.15, 0.2) is 22.6 Å². The van der Waals surface area contributed by atoms with E-state index >= 15 is 0 Å². The van der Waals surface area contributed by atoms with Gasteiger partial charge in [-0.3, -0.25) is 0 Å². The molecule has 1 saturated heterocycles. The second-order valence-electron chi connectivity index (χ2n) is 5.50. The molecule has 102 valence electrons. The quantitative estimate of drug-likeness (QED) is 0.814. The largest absolute Gasteiger partial charge is 0.375 e. The summed E-state index contributed by atoms with van der Waals surface area (Å²) < 4.78 is 18.5. The minimum Gasteiger partial charge on any atom is -0.375 e. The van der Waals surface area contributed by atoms with Crippen LogP contribution in [-0.2, 0) is 6.42 Å². The molecule has 1 aliphatic carbocycles. The van der Waals surface area contributed by atoms with Crippen molar-refractivity contribution in [2.45, 2.75) is 38.5 Å². The molecule has 0 bridgehead atoms. The lowest BCUT2D eigenvalue weighted by molar-refractivity contribution is 0.258. The molecule has 0 amide bonds. The first-order chi connectivity index (χ1) is 9.15. The normalized spacial score (nSPS) is 20.1. The molecule has 0 spiro atoms. The van der Waals surface area contributed by atoms with Gasteiger partial charge in [0.25, 0.3) is 0 Å². The van der Waals surface area contributed by atoms with Crippen LogP contribution >= 0.6 is 0 Å². The lowest BCUT2D eigenvalue weighted by Gasteiger charge is -2.33. The molecule has 3 nitrogen and oxygen atoms in total. The summed E-state index contributed by atoms with van der Waals surface area (Å²) in [4.78, 5) is 2.31. The van der Waals surface area contributed by atoms with E-state index in [2.05, 4.69) is 16.6 Å². The van der Waals surface area contributed by atoms with Crippen LogP contribution in [0.5, 0.6) is 0 Å². The smallest absolute Gasteiger partial charge is 0.165 e. The Balaban J connectivity index is 1.76. The van der Waals surface area contributed by atoms with Gasteiger partial charge >= 0.3 is 0 Å². The fourth-order valence-corrected chi connectivity index (χ4v) is 3.01. The van der Waals surface area contributed by atoms with Crippen molar-refractivity contribution in [1.29, 1.82) is 0 Å². The fraction of sp³-hybridized carbons (Fsp3) is 0.533. The minimum atomic E-state index is -0.104. The van der Waals surface area contributed by atoms with Gasteiger partial charge in [0.05, 0.1) is 5.69 Å². The number of piperidine rings is 1. The molecule has 1 aliphatic heterocycles. The van der Waals surface area contributed by atoms with Gasteiger partial charge in [-0.1, -0.05) is 11.7 Å². The van der Waals surface area contributed by atoms with Crippen LogP contribution in [0.3, 0.4) is 0 Å². The van der Waals surface area contributed by atoms with Crippen LogP contribution in [0.4, 0.5) is 4.39 Å². The molecule has 2 heterocycles. The lowest BCUT2D eigenvalue weighted by atomic mass is 9.88. The number of nitrogens with zero attached hydrogens (tertiary/aromatic N) is 2. The first-order valence-electron chi connectivity index (χ1n) is 6.90. The first kappa shape index (κ1) is 12.5. The second-order valence-corrected chi connectivity index (χ2v) is 5.50. The van der Waals surface area contributed by atoms with Gasteiger partial charge < -0.3 is 9.42 Å². The van der Waals surface area contributed by atoms with Crippen molar-refractivity contribution in [3.8, 4) is 0 Å². The summed E-state index contributed by atoms with van der Waals surface area (Å²) in [6.45, 7) is 8.07. The third-order valence-corrected chi connectivity index (χ3v) is 4.17. The molecule has 0 atom stereocenters. The highest BCUT2D eigenvalue weighted by molar-refractivity contribution is 5.54. The van der Waals surface area contributed by atoms with E-state index in [0.29, 0.717) is 18.1 Å². The second kappa shape index (κ2) is 4.83. The third-order valence-electron chi connectivity index (χ3n) is 4.17. The van der Waals surface area contributed by atoms with E-state index < -0.39 is 0 Å². The molecular formula is C15H19FN2O. The zero-order chi connectivity index (χ0) is 13.4. The predicted octanol–water partition coefficient (Wildman–Crippen LogP) is 3.64. The maximum absolute atomic E-state index is 13.2. The average molecular weight is 262 g/mol. The van der Waals surface area contributed by atoms with Gasteiger partial charge in [-0.2, -0.15) is 0 Å². The van der Waals surface area contributed by atoms with Gasteiger partial charge in [0.2, 0.25) is 0 Å². The molecule has 1 fully saturated rings. The number of halogens is 1. The summed E-state index contributed by atoms with van der Waals surface area (Å²) in [6, 6.07) is 0. The van der Waals surface area contributed by atoms with Crippen LogP contribution in [-0.4, -0.2) is 23.1 Å².